The van der Waals surface area contributed by atoms with Crippen molar-refractivity contribution in [1.29, 1.82) is 0 Å². The van der Waals surface area contributed by atoms with Crippen LogP contribution < -0.4 is 11.3 Å². The molecule has 0 saturated heterocycles. The first-order valence-electron chi connectivity index (χ1n) is 7.14. The lowest BCUT2D eigenvalue weighted by Crippen LogP contribution is -2.39. The molecule has 1 saturated carbocycles. The van der Waals surface area contributed by atoms with Crippen molar-refractivity contribution in [1.82, 2.24) is 5.43 Å². The van der Waals surface area contributed by atoms with Crippen molar-refractivity contribution in [3.63, 3.8) is 0 Å². The van der Waals surface area contributed by atoms with Crippen LogP contribution in [0.15, 0.2) is 48.5 Å². The van der Waals surface area contributed by atoms with E-state index in [1.54, 1.807) is 0 Å². The van der Waals surface area contributed by atoms with E-state index in [9.17, 15) is 8.78 Å². The quantitative estimate of drug-likeness (QED) is 0.655. The zero-order chi connectivity index (χ0) is 14.8. The Labute approximate surface area is 122 Å². The second-order valence-corrected chi connectivity index (χ2v) is 5.63. The normalized spacial score (nSPS) is 22.0. The van der Waals surface area contributed by atoms with Gasteiger partial charge in [-0.15, -0.1) is 0 Å². The summed E-state index contributed by atoms with van der Waals surface area (Å²) in [5.74, 6) is 5.63. The third kappa shape index (κ3) is 3.12. The predicted molar refractivity (Wildman–Crippen MR) is 78.5 cm³/mol. The lowest BCUT2D eigenvalue weighted by molar-refractivity contribution is 0.453. The highest BCUT2D eigenvalue weighted by Crippen LogP contribution is 2.49. The van der Waals surface area contributed by atoms with Crippen LogP contribution in [0.1, 0.15) is 23.5 Å². The lowest BCUT2D eigenvalue weighted by atomic mass is 9.99. The molecule has 4 heteroatoms. The lowest BCUT2D eigenvalue weighted by Gasteiger charge is -2.16. The highest BCUT2D eigenvalue weighted by atomic mass is 19.1. The Morgan fingerprint density at radius 1 is 1.14 bits per heavy atom. The summed E-state index contributed by atoms with van der Waals surface area (Å²) in [6.07, 6.45) is 1.42. The topological polar surface area (TPSA) is 38.0 Å². The number of nitrogens with two attached hydrogens (primary N) is 1. The van der Waals surface area contributed by atoms with E-state index in [0.29, 0.717) is 23.8 Å². The molecule has 0 amide bonds. The van der Waals surface area contributed by atoms with Crippen molar-refractivity contribution in [2.75, 3.05) is 0 Å². The Morgan fingerprint density at radius 2 is 1.90 bits per heavy atom. The van der Waals surface area contributed by atoms with Crippen molar-refractivity contribution in [2.45, 2.75) is 24.8 Å². The van der Waals surface area contributed by atoms with E-state index in [-0.39, 0.29) is 11.9 Å². The van der Waals surface area contributed by atoms with Gasteiger partial charge in [0.2, 0.25) is 0 Å². The van der Waals surface area contributed by atoms with Gasteiger partial charge in [-0.2, -0.15) is 0 Å². The van der Waals surface area contributed by atoms with Gasteiger partial charge in [0.1, 0.15) is 11.6 Å². The predicted octanol–water partition coefficient (Wildman–Crippen LogP) is 3.14. The van der Waals surface area contributed by atoms with Crippen molar-refractivity contribution in [3.8, 4) is 0 Å². The summed E-state index contributed by atoms with van der Waals surface area (Å²) in [6.45, 7) is 0. The SMILES string of the molecule is NNC(Cc1cc(F)ccc1F)C1CC1c1ccccc1. The first-order chi connectivity index (χ1) is 10.2. The van der Waals surface area contributed by atoms with Gasteiger partial charge in [0, 0.05) is 6.04 Å². The second kappa shape index (κ2) is 5.92. The van der Waals surface area contributed by atoms with Gasteiger partial charge in [0.15, 0.2) is 0 Å². The number of hydrogen-bond donors (Lipinski definition) is 2. The summed E-state index contributed by atoms with van der Waals surface area (Å²) in [5, 5.41) is 0. The van der Waals surface area contributed by atoms with Gasteiger partial charge < -0.3 is 0 Å². The van der Waals surface area contributed by atoms with Gasteiger partial charge in [0.05, 0.1) is 0 Å². The van der Waals surface area contributed by atoms with E-state index in [1.165, 1.54) is 17.7 Å². The molecule has 0 aliphatic heterocycles. The molecule has 21 heavy (non-hydrogen) atoms. The monoisotopic (exact) mass is 288 g/mol. The number of nitrogens with one attached hydrogen (secondary N) is 1. The summed E-state index contributed by atoms with van der Waals surface area (Å²) < 4.78 is 27.0. The minimum atomic E-state index is -0.419. The Hall–Kier alpha value is -1.78. The average molecular weight is 288 g/mol. The summed E-state index contributed by atoms with van der Waals surface area (Å²) in [5.41, 5.74) is 4.42. The number of rotatable bonds is 5. The molecule has 1 aliphatic rings. The molecule has 0 heterocycles. The highest BCUT2D eigenvalue weighted by Gasteiger charge is 2.43. The standard InChI is InChI=1S/C17H18F2N2/c18-13-6-7-16(19)12(8-13)9-17(21-20)15-10-14(15)11-4-2-1-3-5-11/h1-8,14-15,17,21H,9-10,20H2. The Bertz CT molecular complexity index is 615. The summed E-state index contributed by atoms with van der Waals surface area (Å²) >= 11 is 0. The average Bonchev–Trinajstić information content (AvgIpc) is 3.29. The molecule has 0 aromatic heterocycles. The molecule has 1 aliphatic carbocycles. The zero-order valence-electron chi connectivity index (χ0n) is 11.6. The van der Waals surface area contributed by atoms with E-state index in [4.69, 9.17) is 5.84 Å². The summed E-state index contributed by atoms with van der Waals surface area (Å²) in [7, 11) is 0. The molecular formula is C17H18F2N2. The first kappa shape index (κ1) is 14.2. The van der Waals surface area contributed by atoms with Crippen LogP contribution in [0, 0.1) is 17.6 Å². The summed E-state index contributed by atoms with van der Waals surface area (Å²) in [6, 6.07) is 13.7. The third-order valence-electron chi connectivity index (χ3n) is 4.25. The van der Waals surface area contributed by atoms with Crippen molar-refractivity contribution in [2.24, 2.45) is 11.8 Å². The molecule has 2 aromatic rings. The molecule has 3 unspecified atom stereocenters. The minimum absolute atomic E-state index is 0.0495. The zero-order valence-corrected chi connectivity index (χ0v) is 11.6. The molecular weight excluding hydrogens is 270 g/mol. The van der Waals surface area contributed by atoms with Gasteiger partial charge in [-0.25, -0.2) is 8.78 Å². The number of hydrazine groups is 1. The van der Waals surface area contributed by atoms with Crippen LogP contribution in [0.5, 0.6) is 0 Å². The van der Waals surface area contributed by atoms with Crippen molar-refractivity contribution in [3.05, 3.63) is 71.3 Å². The van der Waals surface area contributed by atoms with Crippen LogP contribution in [0.4, 0.5) is 8.78 Å². The van der Waals surface area contributed by atoms with Gasteiger partial charge in [-0.05, 0) is 54.0 Å². The maximum absolute atomic E-state index is 13.7. The fraction of sp³-hybridized carbons (Fsp3) is 0.294. The fourth-order valence-electron chi connectivity index (χ4n) is 3.01. The van der Waals surface area contributed by atoms with Crippen molar-refractivity contribution >= 4 is 0 Å². The van der Waals surface area contributed by atoms with E-state index < -0.39 is 5.82 Å². The van der Waals surface area contributed by atoms with Crippen LogP contribution in [-0.4, -0.2) is 6.04 Å². The second-order valence-electron chi connectivity index (χ2n) is 5.63. The molecule has 2 nitrogen and oxygen atoms in total. The number of hydrogen-bond acceptors (Lipinski definition) is 2. The van der Waals surface area contributed by atoms with Gasteiger partial charge in [-0.3, -0.25) is 11.3 Å². The number of benzene rings is 2. The van der Waals surface area contributed by atoms with Gasteiger partial charge >= 0.3 is 0 Å². The maximum atomic E-state index is 13.7. The van der Waals surface area contributed by atoms with E-state index in [0.717, 1.165) is 12.5 Å². The van der Waals surface area contributed by atoms with E-state index >= 15 is 0 Å². The minimum Gasteiger partial charge on any atom is -0.271 e. The van der Waals surface area contributed by atoms with Crippen LogP contribution in [0.25, 0.3) is 0 Å². The molecule has 1 fully saturated rings. The first-order valence-corrected chi connectivity index (χ1v) is 7.14. The summed E-state index contributed by atoms with van der Waals surface area (Å²) in [4.78, 5) is 0. The molecule has 3 atom stereocenters. The third-order valence-corrected chi connectivity index (χ3v) is 4.25. The molecule has 0 spiro atoms. The maximum Gasteiger partial charge on any atom is 0.126 e. The fourth-order valence-corrected chi connectivity index (χ4v) is 3.01. The Balaban J connectivity index is 1.71. The number of halogens is 2. The highest BCUT2D eigenvalue weighted by molar-refractivity contribution is 5.28. The smallest absolute Gasteiger partial charge is 0.126 e. The van der Waals surface area contributed by atoms with E-state index in [2.05, 4.69) is 17.6 Å². The molecule has 2 aromatic carbocycles. The van der Waals surface area contributed by atoms with Crippen LogP contribution in [0.3, 0.4) is 0 Å². The molecule has 3 rings (SSSR count). The Morgan fingerprint density at radius 3 is 2.62 bits per heavy atom. The molecule has 0 bridgehead atoms. The molecule has 3 N–H and O–H groups in total. The largest absolute Gasteiger partial charge is 0.271 e. The van der Waals surface area contributed by atoms with Crippen LogP contribution in [0.2, 0.25) is 0 Å². The van der Waals surface area contributed by atoms with Gasteiger partial charge in [-0.1, -0.05) is 30.3 Å². The van der Waals surface area contributed by atoms with Crippen LogP contribution in [-0.2, 0) is 6.42 Å². The van der Waals surface area contributed by atoms with Crippen molar-refractivity contribution < 1.29 is 8.78 Å². The Kier molecular flexibility index (Phi) is 3.99. The molecule has 110 valence electrons. The van der Waals surface area contributed by atoms with Crippen LogP contribution >= 0.6 is 0 Å². The van der Waals surface area contributed by atoms with Gasteiger partial charge in [0.25, 0.3) is 0 Å². The van der Waals surface area contributed by atoms with E-state index in [1.807, 2.05) is 18.2 Å². The molecule has 0 radical (unpaired) electrons.